The number of hydrogen-bond donors (Lipinski definition) is 2. The highest BCUT2D eigenvalue weighted by molar-refractivity contribution is 5.95. The Kier molecular flexibility index (Phi) is 4.16. The third-order valence-electron chi connectivity index (χ3n) is 2.91. The number of rotatable bonds is 3. The van der Waals surface area contributed by atoms with Crippen molar-refractivity contribution in [3.8, 4) is 5.75 Å². The van der Waals surface area contributed by atoms with E-state index in [1.807, 2.05) is 0 Å². The third kappa shape index (κ3) is 3.53. The third-order valence-corrected chi connectivity index (χ3v) is 2.91. The lowest BCUT2D eigenvalue weighted by molar-refractivity contribution is -0.137. The number of alkyl halides is 3. The number of phenolic OH excluding ortho intramolecular Hbond substituents is 1. The molecule has 110 valence electrons. The van der Waals surface area contributed by atoms with Gasteiger partial charge in [0, 0.05) is 12.1 Å². The molecule has 1 amide bonds. The normalized spacial score (nSPS) is 11.2. The van der Waals surface area contributed by atoms with Crippen molar-refractivity contribution in [2.24, 2.45) is 0 Å². The van der Waals surface area contributed by atoms with Gasteiger partial charge in [0.15, 0.2) is 0 Å². The van der Waals surface area contributed by atoms with Gasteiger partial charge in [0.25, 0.3) is 5.91 Å². The Morgan fingerprint density at radius 3 is 2.33 bits per heavy atom. The molecule has 0 heterocycles. The maximum Gasteiger partial charge on any atom is 0.417 e. The van der Waals surface area contributed by atoms with Crippen molar-refractivity contribution in [1.29, 1.82) is 0 Å². The monoisotopic (exact) mass is 295 g/mol. The smallest absolute Gasteiger partial charge is 0.417 e. The van der Waals surface area contributed by atoms with Crippen LogP contribution in [-0.4, -0.2) is 11.0 Å². The van der Waals surface area contributed by atoms with Gasteiger partial charge in [0.2, 0.25) is 0 Å². The molecule has 0 aliphatic carbocycles. The highest BCUT2D eigenvalue weighted by Crippen LogP contribution is 2.31. The first-order valence-electron chi connectivity index (χ1n) is 6.11. The summed E-state index contributed by atoms with van der Waals surface area (Å²) in [5.41, 5.74) is -1.00. The molecule has 6 heteroatoms. The lowest BCUT2D eigenvalue weighted by Gasteiger charge is -2.13. The predicted octanol–water partition coefficient (Wildman–Crippen LogP) is 3.34. The van der Waals surface area contributed by atoms with Gasteiger partial charge in [-0.2, -0.15) is 13.2 Å². The summed E-state index contributed by atoms with van der Waals surface area (Å²) in [5, 5.41) is 11.9. The van der Waals surface area contributed by atoms with E-state index >= 15 is 0 Å². The Labute approximate surface area is 119 Å². The largest absolute Gasteiger partial charge is 0.508 e. The Morgan fingerprint density at radius 2 is 1.67 bits per heavy atom. The number of halogens is 3. The van der Waals surface area contributed by atoms with E-state index in [1.54, 1.807) is 18.2 Å². The highest BCUT2D eigenvalue weighted by Gasteiger charge is 2.34. The van der Waals surface area contributed by atoms with Crippen LogP contribution in [0.2, 0.25) is 0 Å². The fourth-order valence-electron chi connectivity index (χ4n) is 1.86. The van der Waals surface area contributed by atoms with E-state index < -0.39 is 23.2 Å². The fourth-order valence-corrected chi connectivity index (χ4v) is 1.86. The average Bonchev–Trinajstić information content (AvgIpc) is 2.45. The molecule has 2 N–H and O–H groups in total. The molecule has 0 aliphatic heterocycles. The van der Waals surface area contributed by atoms with Crippen LogP contribution in [-0.2, 0) is 12.7 Å². The van der Waals surface area contributed by atoms with Crippen molar-refractivity contribution in [1.82, 2.24) is 5.32 Å². The number of aromatic hydroxyl groups is 1. The average molecular weight is 295 g/mol. The first kappa shape index (κ1) is 14.9. The molecule has 0 spiro atoms. The molecule has 3 nitrogen and oxygen atoms in total. The molecule has 0 fully saturated rings. The Morgan fingerprint density at radius 1 is 1.05 bits per heavy atom. The van der Waals surface area contributed by atoms with Crippen LogP contribution in [0.5, 0.6) is 5.75 Å². The van der Waals surface area contributed by atoms with Gasteiger partial charge in [-0.05, 0) is 18.2 Å². The van der Waals surface area contributed by atoms with Gasteiger partial charge in [-0.3, -0.25) is 4.79 Å². The van der Waals surface area contributed by atoms with Crippen molar-refractivity contribution in [3.63, 3.8) is 0 Å². The van der Waals surface area contributed by atoms with E-state index in [-0.39, 0.29) is 12.3 Å². The molecule has 0 unspecified atom stereocenters. The number of phenols is 1. The van der Waals surface area contributed by atoms with Crippen LogP contribution < -0.4 is 5.32 Å². The first-order valence-corrected chi connectivity index (χ1v) is 6.11. The number of carbonyl (C=O) groups is 1. The lowest BCUT2D eigenvalue weighted by Crippen LogP contribution is -2.25. The van der Waals surface area contributed by atoms with E-state index in [0.717, 1.165) is 12.1 Å². The van der Waals surface area contributed by atoms with Crippen molar-refractivity contribution >= 4 is 5.91 Å². The summed E-state index contributed by atoms with van der Waals surface area (Å²) in [6.07, 6.45) is -4.59. The first-order chi connectivity index (χ1) is 9.89. The van der Waals surface area contributed by atoms with Gasteiger partial charge in [0.1, 0.15) is 5.75 Å². The zero-order valence-electron chi connectivity index (χ0n) is 10.8. The number of benzene rings is 2. The molecule has 2 aromatic carbocycles. The number of amides is 1. The van der Waals surface area contributed by atoms with E-state index in [9.17, 15) is 23.1 Å². The maximum absolute atomic E-state index is 12.8. The van der Waals surface area contributed by atoms with Gasteiger partial charge in [-0.15, -0.1) is 0 Å². The van der Waals surface area contributed by atoms with E-state index in [0.29, 0.717) is 5.56 Å². The van der Waals surface area contributed by atoms with Gasteiger partial charge in [0.05, 0.1) is 11.1 Å². The molecule has 0 bridgehead atoms. The van der Waals surface area contributed by atoms with Gasteiger partial charge < -0.3 is 10.4 Å². The van der Waals surface area contributed by atoms with Crippen LogP contribution in [0, 0.1) is 0 Å². The Bertz CT molecular complexity index is 653. The minimum absolute atomic E-state index is 0.0260. The summed E-state index contributed by atoms with van der Waals surface area (Å²) < 4.78 is 38.4. The Hall–Kier alpha value is -2.50. The van der Waals surface area contributed by atoms with Crippen LogP contribution in [0.4, 0.5) is 13.2 Å². The minimum atomic E-state index is -4.59. The predicted molar refractivity (Wildman–Crippen MR) is 70.7 cm³/mol. The summed E-state index contributed by atoms with van der Waals surface area (Å²) >= 11 is 0. The van der Waals surface area contributed by atoms with Crippen molar-refractivity contribution in [2.75, 3.05) is 0 Å². The number of nitrogens with one attached hydrogen (secondary N) is 1. The zero-order chi connectivity index (χ0) is 15.5. The molecule has 0 atom stereocenters. The van der Waals surface area contributed by atoms with Crippen LogP contribution in [0.1, 0.15) is 21.5 Å². The fraction of sp³-hybridized carbons (Fsp3) is 0.133. The second-order valence-corrected chi connectivity index (χ2v) is 4.35. The standard InChI is InChI=1S/C15H12F3NO2/c16-15(17,18)12-7-3-2-6-11(12)14(21)19-9-10-5-1-4-8-13(10)20/h1-8,20H,9H2,(H,19,21). The quantitative estimate of drug-likeness (QED) is 0.912. The summed E-state index contributed by atoms with van der Waals surface area (Å²) in [5.74, 6) is -0.868. The van der Waals surface area contributed by atoms with Crippen molar-refractivity contribution in [2.45, 2.75) is 12.7 Å². The van der Waals surface area contributed by atoms with Gasteiger partial charge >= 0.3 is 6.18 Å². The summed E-state index contributed by atoms with van der Waals surface area (Å²) in [4.78, 5) is 11.9. The molecule has 21 heavy (non-hydrogen) atoms. The molecule has 0 saturated carbocycles. The van der Waals surface area contributed by atoms with E-state index in [2.05, 4.69) is 5.32 Å². The second-order valence-electron chi connectivity index (χ2n) is 4.35. The number of carbonyl (C=O) groups excluding carboxylic acids is 1. The molecule has 0 aromatic heterocycles. The van der Waals surface area contributed by atoms with Crippen LogP contribution >= 0.6 is 0 Å². The van der Waals surface area contributed by atoms with Gasteiger partial charge in [-0.1, -0.05) is 30.3 Å². The topological polar surface area (TPSA) is 49.3 Å². The second kappa shape index (κ2) is 5.87. The molecule has 0 aliphatic rings. The molecule has 0 saturated heterocycles. The summed E-state index contributed by atoms with van der Waals surface area (Å²) in [6.45, 7) is -0.0578. The summed E-state index contributed by atoms with van der Waals surface area (Å²) in [6, 6.07) is 10.8. The number of para-hydroxylation sites is 1. The van der Waals surface area contributed by atoms with Crippen LogP contribution in [0.3, 0.4) is 0 Å². The van der Waals surface area contributed by atoms with Crippen molar-refractivity contribution in [3.05, 3.63) is 65.2 Å². The van der Waals surface area contributed by atoms with Gasteiger partial charge in [-0.25, -0.2) is 0 Å². The molecule has 2 rings (SSSR count). The molecule has 2 aromatic rings. The lowest BCUT2D eigenvalue weighted by atomic mass is 10.1. The maximum atomic E-state index is 12.8. The van der Waals surface area contributed by atoms with Crippen LogP contribution in [0.15, 0.2) is 48.5 Å². The summed E-state index contributed by atoms with van der Waals surface area (Å²) in [7, 11) is 0. The van der Waals surface area contributed by atoms with E-state index in [4.69, 9.17) is 0 Å². The molecule has 0 radical (unpaired) electrons. The zero-order valence-corrected chi connectivity index (χ0v) is 10.8. The highest BCUT2D eigenvalue weighted by atomic mass is 19.4. The molecular formula is C15H12F3NO2. The SMILES string of the molecule is O=C(NCc1ccccc1O)c1ccccc1C(F)(F)F. The minimum Gasteiger partial charge on any atom is -0.508 e. The number of hydrogen-bond acceptors (Lipinski definition) is 2. The Balaban J connectivity index is 2.17. The molecular weight excluding hydrogens is 283 g/mol. The van der Waals surface area contributed by atoms with Crippen molar-refractivity contribution < 1.29 is 23.1 Å². The van der Waals surface area contributed by atoms with E-state index in [1.165, 1.54) is 18.2 Å². The van der Waals surface area contributed by atoms with Crippen LogP contribution in [0.25, 0.3) is 0 Å².